The molecule has 0 aliphatic heterocycles. The van der Waals surface area contributed by atoms with Crippen molar-refractivity contribution >= 4 is 35.8 Å². The number of hydrogen-bond donors (Lipinski definition) is 3. The molecule has 3 N–H and O–H groups in total. The number of hydrogen-bond acceptors (Lipinski definition) is 2. The van der Waals surface area contributed by atoms with Crippen LogP contribution in [0.4, 0.5) is 0 Å². The minimum Gasteiger partial charge on any atom is -0.357 e. The molecule has 2 aliphatic carbocycles. The minimum atomic E-state index is 0. The van der Waals surface area contributed by atoms with Gasteiger partial charge in [0.2, 0.25) is 5.91 Å². The van der Waals surface area contributed by atoms with E-state index in [1.807, 2.05) is 0 Å². The Morgan fingerprint density at radius 2 is 1.95 bits per heavy atom. The van der Waals surface area contributed by atoms with Gasteiger partial charge in [0.05, 0.1) is 0 Å². The van der Waals surface area contributed by atoms with E-state index in [4.69, 9.17) is 0 Å². The van der Waals surface area contributed by atoms with Crippen LogP contribution in [0, 0.1) is 5.92 Å². The first-order valence-corrected chi connectivity index (χ1v) is 8.27. The van der Waals surface area contributed by atoms with Gasteiger partial charge < -0.3 is 16.0 Å². The third-order valence-electron chi connectivity index (χ3n) is 4.07. The highest BCUT2D eigenvalue weighted by molar-refractivity contribution is 14.0. The maximum Gasteiger partial charge on any atom is 0.223 e. The molecule has 0 saturated heterocycles. The van der Waals surface area contributed by atoms with Crippen molar-refractivity contribution in [3.05, 3.63) is 12.2 Å². The summed E-state index contributed by atoms with van der Waals surface area (Å²) in [5.74, 6) is 1.39. The second-order valence-electron chi connectivity index (χ2n) is 5.82. The van der Waals surface area contributed by atoms with Crippen LogP contribution in [0.25, 0.3) is 0 Å². The summed E-state index contributed by atoms with van der Waals surface area (Å²) in [5, 5.41) is 9.72. The Hall–Kier alpha value is -0.790. The SMILES string of the molecule is CCNC(=NCCCNC(=O)C1CCC1)NC1CC=CC1.I. The van der Waals surface area contributed by atoms with Gasteiger partial charge in [0.15, 0.2) is 5.96 Å². The normalized spacial score (nSPS) is 18.5. The summed E-state index contributed by atoms with van der Waals surface area (Å²) >= 11 is 0. The number of halogens is 1. The lowest BCUT2D eigenvalue weighted by Gasteiger charge is -2.23. The number of carbonyl (C=O) groups is 1. The highest BCUT2D eigenvalue weighted by Gasteiger charge is 2.24. The quantitative estimate of drug-likeness (QED) is 0.195. The maximum atomic E-state index is 11.7. The molecule has 0 atom stereocenters. The van der Waals surface area contributed by atoms with E-state index in [-0.39, 0.29) is 35.8 Å². The second-order valence-corrected chi connectivity index (χ2v) is 5.82. The first-order valence-electron chi connectivity index (χ1n) is 8.27. The molecule has 0 bridgehead atoms. The van der Waals surface area contributed by atoms with E-state index in [0.717, 1.165) is 57.7 Å². The van der Waals surface area contributed by atoms with E-state index in [1.54, 1.807) is 0 Å². The van der Waals surface area contributed by atoms with Gasteiger partial charge in [0.1, 0.15) is 0 Å². The molecule has 2 rings (SSSR count). The van der Waals surface area contributed by atoms with E-state index >= 15 is 0 Å². The van der Waals surface area contributed by atoms with Gasteiger partial charge in [-0.25, -0.2) is 0 Å². The van der Waals surface area contributed by atoms with Gasteiger partial charge in [-0.3, -0.25) is 9.79 Å². The summed E-state index contributed by atoms with van der Waals surface area (Å²) in [6.45, 7) is 4.40. The van der Waals surface area contributed by atoms with Crippen LogP contribution in [0.1, 0.15) is 45.4 Å². The second kappa shape index (κ2) is 10.9. The van der Waals surface area contributed by atoms with Gasteiger partial charge in [-0.2, -0.15) is 0 Å². The molecule has 126 valence electrons. The number of rotatable bonds is 7. The number of nitrogens with one attached hydrogen (secondary N) is 3. The molecule has 1 fully saturated rings. The zero-order chi connectivity index (χ0) is 14.9. The van der Waals surface area contributed by atoms with E-state index in [2.05, 4.69) is 40.0 Å². The van der Waals surface area contributed by atoms with Crippen molar-refractivity contribution in [2.75, 3.05) is 19.6 Å². The Labute approximate surface area is 150 Å². The van der Waals surface area contributed by atoms with Crippen molar-refractivity contribution in [1.29, 1.82) is 0 Å². The number of nitrogens with zero attached hydrogens (tertiary/aromatic N) is 1. The zero-order valence-corrected chi connectivity index (χ0v) is 15.8. The van der Waals surface area contributed by atoms with Gasteiger partial charge >= 0.3 is 0 Å². The van der Waals surface area contributed by atoms with Crippen LogP contribution in [0.15, 0.2) is 17.1 Å². The molecule has 0 radical (unpaired) electrons. The lowest BCUT2D eigenvalue weighted by molar-refractivity contribution is -0.127. The summed E-state index contributed by atoms with van der Waals surface area (Å²) in [6.07, 6.45) is 10.8. The number of guanidine groups is 1. The highest BCUT2D eigenvalue weighted by atomic mass is 127. The van der Waals surface area contributed by atoms with Crippen molar-refractivity contribution in [2.45, 2.75) is 51.5 Å². The van der Waals surface area contributed by atoms with Crippen LogP contribution in [-0.2, 0) is 4.79 Å². The predicted octanol–water partition coefficient (Wildman–Crippen LogP) is 2.18. The average Bonchev–Trinajstić information content (AvgIpc) is 2.89. The Bertz CT molecular complexity index is 386. The Morgan fingerprint density at radius 1 is 1.23 bits per heavy atom. The monoisotopic (exact) mass is 420 g/mol. The van der Waals surface area contributed by atoms with Crippen molar-refractivity contribution < 1.29 is 4.79 Å². The van der Waals surface area contributed by atoms with Crippen molar-refractivity contribution in [2.24, 2.45) is 10.9 Å². The molecule has 6 heteroatoms. The van der Waals surface area contributed by atoms with E-state index < -0.39 is 0 Å². The van der Waals surface area contributed by atoms with Crippen LogP contribution in [0.2, 0.25) is 0 Å². The molecule has 2 aliphatic rings. The molecule has 1 amide bonds. The molecule has 0 spiro atoms. The summed E-state index contributed by atoms with van der Waals surface area (Å²) in [5.41, 5.74) is 0. The first kappa shape index (κ1) is 19.3. The Morgan fingerprint density at radius 3 is 2.55 bits per heavy atom. The van der Waals surface area contributed by atoms with Gasteiger partial charge in [-0.1, -0.05) is 18.6 Å². The summed E-state index contributed by atoms with van der Waals surface area (Å²) in [6, 6.07) is 0.473. The molecule has 0 aromatic heterocycles. The van der Waals surface area contributed by atoms with Gasteiger partial charge in [-0.05, 0) is 39.0 Å². The van der Waals surface area contributed by atoms with Gasteiger partial charge in [0.25, 0.3) is 0 Å². The molecule has 0 unspecified atom stereocenters. The third kappa shape index (κ3) is 6.54. The van der Waals surface area contributed by atoms with Crippen molar-refractivity contribution in [1.82, 2.24) is 16.0 Å². The number of aliphatic imine (C=N–C) groups is 1. The molecule has 1 saturated carbocycles. The largest absolute Gasteiger partial charge is 0.357 e. The van der Waals surface area contributed by atoms with Crippen LogP contribution in [0.3, 0.4) is 0 Å². The molecule has 5 nitrogen and oxygen atoms in total. The molecular formula is C16H29IN4O. The van der Waals surface area contributed by atoms with E-state index in [0.29, 0.717) is 6.04 Å². The highest BCUT2D eigenvalue weighted by Crippen LogP contribution is 2.25. The molecule has 0 aromatic carbocycles. The van der Waals surface area contributed by atoms with E-state index in [1.165, 1.54) is 6.42 Å². The summed E-state index contributed by atoms with van der Waals surface area (Å²) in [4.78, 5) is 16.2. The average molecular weight is 420 g/mol. The molecule has 0 heterocycles. The number of amides is 1. The van der Waals surface area contributed by atoms with Crippen molar-refractivity contribution in [3.8, 4) is 0 Å². The minimum absolute atomic E-state index is 0. The molecule has 0 aromatic rings. The third-order valence-corrected chi connectivity index (χ3v) is 4.07. The van der Waals surface area contributed by atoms with Crippen LogP contribution < -0.4 is 16.0 Å². The fourth-order valence-corrected chi connectivity index (χ4v) is 2.54. The lowest BCUT2D eigenvalue weighted by Crippen LogP contribution is -2.42. The molecule has 22 heavy (non-hydrogen) atoms. The van der Waals surface area contributed by atoms with E-state index in [9.17, 15) is 4.79 Å². The standard InChI is InChI=1S/C16H28N4O.HI/c1-2-17-16(20-14-9-3-4-10-14)19-12-6-11-18-15(21)13-7-5-8-13;/h3-4,13-14H,2,5-12H2,1H3,(H,18,21)(H2,17,19,20);1H. The fourth-order valence-electron chi connectivity index (χ4n) is 2.54. The van der Waals surface area contributed by atoms with Gasteiger partial charge in [-0.15, -0.1) is 24.0 Å². The smallest absolute Gasteiger partial charge is 0.223 e. The van der Waals surface area contributed by atoms with Crippen LogP contribution in [0.5, 0.6) is 0 Å². The summed E-state index contributed by atoms with van der Waals surface area (Å²) < 4.78 is 0. The topological polar surface area (TPSA) is 65.5 Å². The zero-order valence-electron chi connectivity index (χ0n) is 13.4. The van der Waals surface area contributed by atoms with Crippen LogP contribution in [-0.4, -0.2) is 37.5 Å². The van der Waals surface area contributed by atoms with Gasteiger partial charge in [0, 0.05) is 31.6 Å². The Balaban J connectivity index is 0.00000242. The summed E-state index contributed by atoms with van der Waals surface area (Å²) in [7, 11) is 0. The fraction of sp³-hybridized carbons (Fsp3) is 0.750. The maximum absolute atomic E-state index is 11.7. The lowest BCUT2D eigenvalue weighted by atomic mass is 9.85. The first-order chi connectivity index (χ1) is 10.3. The van der Waals surface area contributed by atoms with Crippen molar-refractivity contribution in [3.63, 3.8) is 0 Å². The van der Waals surface area contributed by atoms with Crippen LogP contribution >= 0.6 is 24.0 Å². The molecular weight excluding hydrogens is 391 g/mol. The predicted molar refractivity (Wildman–Crippen MR) is 102 cm³/mol. The number of carbonyl (C=O) groups excluding carboxylic acids is 1. The Kier molecular flexibility index (Phi) is 9.50.